The lowest BCUT2D eigenvalue weighted by Crippen LogP contribution is -2.34. The Bertz CT molecular complexity index is 1110. The topological polar surface area (TPSA) is 71.8 Å². The van der Waals surface area contributed by atoms with Gasteiger partial charge in [-0.2, -0.15) is 5.10 Å². The van der Waals surface area contributed by atoms with Crippen LogP contribution in [0.15, 0.2) is 48.9 Å². The van der Waals surface area contributed by atoms with Crippen molar-refractivity contribution in [3.63, 3.8) is 0 Å². The molecule has 1 amide bonds. The fourth-order valence-electron chi connectivity index (χ4n) is 3.59. The van der Waals surface area contributed by atoms with Gasteiger partial charge in [-0.25, -0.2) is 13.9 Å². The first-order chi connectivity index (χ1) is 13.6. The van der Waals surface area contributed by atoms with Crippen molar-refractivity contribution < 1.29 is 13.9 Å². The van der Waals surface area contributed by atoms with Crippen molar-refractivity contribution in [3.05, 3.63) is 65.9 Å². The Morgan fingerprint density at radius 2 is 2.21 bits per heavy atom. The van der Waals surface area contributed by atoms with E-state index in [9.17, 15) is 9.18 Å². The number of benzene rings is 1. The molecular weight excluding hydrogens is 361 g/mol. The number of carbonyl (C=O) groups excluding carboxylic acids is 1. The highest BCUT2D eigenvalue weighted by atomic mass is 19.1. The van der Waals surface area contributed by atoms with Crippen molar-refractivity contribution in [1.29, 1.82) is 0 Å². The summed E-state index contributed by atoms with van der Waals surface area (Å²) in [7, 11) is 0. The van der Waals surface area contributed by atoms with Gasteiger partial charge in [0.15, 0.2) is 5.65 Å². The Balaban J connectivity index is 1.67. The van der Waals surface area contributed by atoms with Gasteiger partial charge in [-0.05, 0) is 37.3 Å². The van der Waals surface area contributed by atoms with Crippen LogP contribution in [0.1, 0.15) is 35.3 Å². The van der Waals surface area contributed by atoms with E-state index < -0.39 is 0 Å². The zero-order chi connectivity index (χ0) is 19.3. The predicted octanol–water partition coefficient (Wildman–Crippen LogP) is 3.16. The maximum Gasteiger partial charge on any atom is 0.263 e. The summed E-state index contributed by atoms with van der Waals surface area (Å²) < 4.78 is 21.6. The first kappa shape index (κ1) is 16.7. The zero-order valence-corrected chi connectivity index (χ0v) is 15.2. The van der Waals surface area contributed by atoms with Crippen LogP contribution >= 0.6 is 0 Å². The summed E-state index contributed by atoms with van der Waals surface area (Å²) in [5.41, 5.74) is 1.62. The molecule has 3 aliphatic rings. The van der Waals surface area contributed by atoms with Crippen LogP contribution in [0, 0.1) is 5.82 Å². The van der Waals surface area contributed by atoms with Gasteiger partial charge in [0.1, 0.15) is 29.1 Å². The van der Waals surface area contributed by atoms with Crippen molar-refractivity contribution in [2.75, 3.05) is 11.9 Å². The van der Waals surface area contributed by atoms with E-state index in [2.05, 4.69) is 15.4 Å². The number of hydrogen-bond donors (Lipinski definition) is 1. The van der Waals surface area contributed by atoms with Gasteiger partial charge >= 0.3 is 0 Å². The minimum absolute atomic E-state index is 0.151. The van der Waals surface area contributed by atoms with Crippen LogP contribution < -0.4 is 10.1 Å². The number of hydrogen-bond acceptors (Lipinski definition) is 5. The van der Waals surface area contributed by atoms with Crippen molar-refractivity contribution in [3.8, 4) is 5.75 Å². The molecule has 1 aromatic carbocycles. The molecule has 2 atom stereocenters. The van der Waals surface area contributed by atoms with E-state index in [1.54, 1.807) is 33.9 Å². The number of carbonyl (C=O) groups is 1. The van der Waals surface area contributed by atoms with Gasteiger partial charge in [0.2, 0.25) is 0 Å². The molecule has 142 valence electrons. The lowest BCUT2D eigenvalue weighted by Gasteiger charge is -2.28. The third-order valence-corrected chi connectivity index (χ3v) is 5.08. The van der Waals surface area contributed by atoms with Crippen molar-refractivity contribution in [2.45, 2.75) is 25.5 Å². The molecule has 1 N–H and O–H groups in total. The van der Waals surface area contributed by atoms with Crippen molar-refractivity contribution >= 4 is 17.4 Å². The van der Waals surface area contributed by atoms with Crippen LogP contribution in [-0.2, 0) is 0 Å². The van der Waals surface area contributed by atoms with Gasteiger partial charge in [-0.3, -0.25) is 4.79 Å². The van der Waals surface area contributed by atoms with Gasteiger partial charge in [-0.15, -0.1) is 0 Å². The Morgan fingerprint density at radius 3 is 3.04 bits per heavy atom. The third-order valence-electron chi connectivity index (χ3n) is 5.08. The first-order valence-electron chi connectivity index (χ1n) is 9.15. The van der Waals surface area contributed by atoms with Crippen LogP contribution in [0.2, 0.25) is 0 Å². The monoisotopic (exact) mass is 379 g/mol. The number of aromatic nitrogens is 3. The second-order valence-electron chi connectivity index (χ2n) is 6.97. The van der Waals surface area contributed by atoms with Crippen molar-refractivity contribution in [1.82, 2.24) is 19.5 Å². The fraction of sp³-hybridized carbons (Fsp3) is 0.250. The first-order valence-corrected chi connectivity index (χ1v) is 9.15. The number of ether oxygens (including phenoxy) is 1. The lowest BCUT2D eigenvalue weighted by atomic mass is 10.1. The molecule has 8 heteroatoms. The molecule has 0 saturated heterocycles. The summed E-state index contributed by atoms with van der Waals surface area (Å²) in [6, 6.07) is 6.02. The van der Waals surface area contributed by atoms with E-state index in [-0.39, 0.29) is 23.9 Å². The van der Waals surface area contributed by atoms with E-state index in [4.69, 9.17) is 4.74 Å². The van der Waals surface area contributed by atoms with E-state index in [0.717, 1.165) is 0 Å². The molecule has 0 spiro atoms. The van der Waals surface area contributed by atoms with Gasteiger partial charge in [-0.1, -0.05) is 0 Å². The van der Waals surface area contributed by atoms with Crippen LogP contribution in [0.5, 0.6) is 5.75 Å². The average Bonchev–Trinajstić information content (AvgIpc) is 3.12. The Labute approximate surface area is 160 Å². The SMILES string of the molecule is C[C@H]1Nc2ccn3ncc(c3n2)C(=O)N2C=CC(CC2)Oc2ccc(F)cc21. The molecule has 0 radical (unpaired) electrons. The standard InChI is InChI=1S/C20H18FN5O2/c1-12-15-10-13(21)2-3-17(15)28-14-4-7-25(8-5-14)20(27)16-11-22-26-9-6-18(23-12)24-19(16)26/h2-4,6-7,9-12,14H,5,8H2,1H3,(H,23,24)/t12-,14?/m1/s1. The van der Waals surface area contributed by atoms with Crippen molar-refractivity contribution in [2.24, 2.45) is 0 Å². The van der Waals surface area contributed by atoms with Gasteiger partial charge in [0.05, 0.1) is 12.2 Å². The molecule has 28 heavy (non-hydrogen) atoms. The smallest absolute Gasteiger partial charge is 0.263 e. The van der Waals surface area contributed by atoms with Crippen LogP contribution in [-0.4, -0.2) is 38.1 Å². The molecule has 6 rings (SSSR count). The molecule has 0 saturated carbocycles. The number of rotatable bonds is 0. The molecule has 5 heterocycles. The van der Waals surface area contributed by atoms with Crippen LogP contribution in [0.25, 0.3) is 5.65 Å². The Kier molecular flexibility index (Phi) is 3.78. The van der Waals surface area contributed by atoms with E-state index >= 15 is 0 Å². The highest BCUT2D eigenvalue weighted by Gasteiger charge is 2.25. The summed E-state index contributed by atoms with van der Waals surface area (Å²) in [5.74, 6) is 0.702. The highest BCUT2D eigenvalue weighted by molar-refractivity contribution is 6.00. The summed E-state index contributed by atoms with van der Waals surface area (Å²) in [5, 5.41) is 7.50. The summed E-state index contributed by atoms with van der Waals surface area (Å²) in [4.78, 5) is 19.1. The largest absolute Gasteiger partial charge is 0.486 e. The van der Waals surface area contributed by atoms with Crippen LogP contribution in [0.4, 0.5) is 10.2 Å². The Morgan fingerprint density at radius 1 is 1.32 bits per heavy atom. The molecule has 4 bridgehead atoms. The van der Waals surface area contributed by atoms with E-state index in [1.165, 1.54) is 18.3 Å². The maximum absolute atomic E-state index is 13.9. The third kappa shape index (κ3) is 2.77. The molecule has 3 aromatic rings. The number of amides is 1. The molecule has 0 fully saturated rings. The Hall–Kier alpha value is -3.42. The molecule has 0 aliphatic carbocycles. The molecule has 2 aromatic heterocycles. The average molecular weight is 379 g/mol. The number of fused-ring (bicyclic) bond motifs is 2. The number of nitrogens with zero attached hydrogens (tertiary/aromatic N) is 4. The highest BCUT2D eigenvalue weighted by Crippen LogP contribution is 2.31. The van der Waals surface area contributed by atoms with Gasteiger partial charge < -0.3 is 15.0 Å². The minimum atomic E-state index is -0.324. The molecule has 3 aliphatic heterocycles. The summed E-state index contributed by atoms with van der Waals surface area (Å²) in [6.45, 7) is 2.43. The number of halogens is 1. The summed E-state index contributed by atoms with van der Waals surface area (Å²) in [6.07, 6.45) is 7.31. The maximum atomic E-state index is 13.9. The zero-order valence-electron chi connectivity index (χ0n) is 15.2. The molecule has 1 unspecified atom stereocenters. The van der Waals surface area contributed by atoms with E-state index in [0.29, 0.717) is 41.3 Å². The number of nitrogens with one attached hydrogen (secondary N) is 1. The minimum Gasteiger partial charge on any atom is -0.486 e. The van der Waals surface area contributed by atoms with E-state index in [1.807, 2.05) is 13.0 Å². The lowest BCUT2D eigenvalue weighted by molar-refractivity contribution is 0.0793. The van der Waals surface area contributed by atoms with Crippen LogP contribution in [0.3, 0.4) is 0 Å². The fourth-order valence-corrected chi connectivity index (χ4v) is 3.59. The quantitative estimate of drug-likeness (QED) is 0.650. The van der Waals surface area contributed by atoms with Gasteiger partial charge in [0.25, 0.3) is 5.91 Å². The number of anilines is 1. The summed E-state index contributed by atoms with van der Waals surface area (Å²) >= 11 is 0. The predicted molar refractivity (Wildman–Crippen MR) is 101 cm³/mol. The van der Waals surface area contributed by atoms with Gasteiger partial charge in [0, 0.05) is 30.9 Å². The second kappa shape index (κ2) is 6.33. The normalized spacial score (nSPS) is 21.4. The molecular formula is C20H18FN5O2. The molecule has 7 nitrogen and oxygen atoms in total. The second-order valence-corrected chi connectivity index (χ2v) is 6.97.